The Labute approximate surface area is 80.5 Å². The number of rotatable bonds is 3. The molecule has 0 aliphatic carbocycles. The van der Waals surface area contributed by atoms with E-state index in [4.69, 9.17) is 0 Å². The SMILES string of the molecule is C/C=C/CC(C)(C)c1ccccn1. The summed E-state index contributed by atoms with van der Waals surface area (Å²) in [7, 11) is 0. The van der Waals surface area contributed by atoms with Crippen molar-refractivity contribution in [3.05, 3.63) is 42.2 Å². The van der Waals surface area contributed by atoms with Crippen molar-refractivity contribution in [3.63, 3.8) is 0 Å². The van der Waals surface area contributed by atoms with Gasteiger partial charge >= 0.3 is 0 Å². The highest BCUT2D eigenvalue weighted by molar-refractivity contribution is 5.15. The average Bonchev–Trinajstić information content (AvgIpc) is 2.16. The van der Waals surface area contributed by atoms with Crippen LogP contribution in [-0.2, 0) is 5.41 Å². The summed E-state index contributed by atoms with van der Waals surface area (Å²) in [4.78, 5) is 4.37. The van der Waals surface area contributed by atoms with Crippen LogP contribution in [0.2, 0.25) is 0 Å². The first-order valence-electron chi connectivity index (χ1n) is 4.69. The van der Waals surface area contributed by atoms with Gasteiger partial charge in [0, 0.05) is 17.3 Å². The van der Waals surface area contributed by atoms with E-state index in [1.807, 2.05) is 18.3 Å². The summed E-state index contributed by atoms with van der Waals surface area (Å²) >= 11 is 0. The zero-order chi connectivity index (χ0) is 9.73. The molecule has 70 valence electrons. The van der Waals surface area contributed by atoms with Gasteiger partial charge in [0.05, 0.1) is 0 Å². The Morgan fingerprint density at radius 1 is 1.38 bits per heavy atom. The van der Waals surface area contributed by atoms with Crippen molar-refractivity contribution in [1.82, 2.24) is 4.98 Å². The Bertz CT molecular complexity index is 272. The highest BCUT2D eigenvalue weighted by Gasteiger charge is 2.19. The predicted octanol–water partition coefficient (Wildman–Crippen LogP) is 3.33. The smallest absolute Gasteiger partial charge is 0.0462 e. The van der Waals surface area contributed by atoms with Crippen molar-refractivity contribution in [2.45, 2.75) is 32.6 Å². The lowest BCUT2D eigenvalue weighted by atomic mass is 9.85. The number of aromatic nitrogens is 1. The van der Waals surface area contributed by atoms with Gasteiger partial charge in [-0.25, -0.2) is 0 Å². The molecule has 0 radical (unpaired) electrons. The molecule has 1 heteroatoms. The van der Waals surface area contributed by atoms with E-state index in [1.165, 1.54) is 0 Å². The van der Waals surface area contributed by atoms with Crippen LogP contribution in [0.4, 0.5) is 0 Å². The highest BCUT2D eigenvalue weighted by atomic mass is 14.7. The lowest BCUT2D eigenvalue weighted by molar-refractivity contribution is 0.516. The third kappa shape index (κ3) is 2.69. The second kappa shape index (κ2) is 4.22. The molecule has 0 N–H and O–H groups in total. The number of pyridine rings is 1. The molecule has 1 aromatic heterocycles. The molecule has 1 heterocycles. The van der Waals surface area contributed by atoms with Crippen LogP contribution < -0.4 is 0 Å². The molecule has 1 aromatic rings. The molecule has 0 spiro atoms. The fourth-order valence-corrected chi connectivity index (χ4v) is 1.28. The van der Waals surface area contributed by atoms with E-state index in [2.05, 4.69) is 44.0 Å². The lowest BCUT2D eigenvalue weighted by Gasteiger charge is -2.21. The van der Waals surface area contributed by atoms with E-state index in [0.717, 1.165) is 12.1 Å². The summed E-state index contributed by atoms with van der Waals surface area (Å²) in [5, 5.41) is 0. The quantitative estimate of drug-likeness (QED) is 0.642. The van der Waals surface area contributed by atoms with Crippen LogP contribution in [0.15, 0.2) is 36.5 Å². The van der Waals surface area contributed by atoms with E-state index >= 15 is 0 Å². The van der Waals surface area contributed by atoms with Crippen molar-refractivity contribution in [3.8, 4) is 0 Å². The summed E-state index contributed by atoms with van der Waals surface area (Å²) in [5.74, 6) is 0. The van der Waals surface area contributed by atoms with Crippen molar-refractivity contribution in [2.24, 2.45) is 0 Å². The van der Waals surface area contributed by atoms with E-state index in [0.29, 0.717) is 0 Å². The minimum absolute atomic E-state index is 0.147. The molecular weight excluding hydrogens is 158 g/mol. The van der Waals surface area contributed by atoms with Gasteiger partial charge in [-0.1, -0.05) is 32.1 Å². The van der Waals surface area contributed by atoms with Gasteiger partial charge in [-0.2, -0.15) is 0 Å². The van der Waals surface area contributed by atoms with Crippen molar-refractivity contribution >= 4 is 0 Å². The average molecular weight is 175 g/mol. The van der Waals surface area contributed by atoms with Crippen LogP contribution >= 0.6 is 0 Å². The second-order valence-electron chi connectivity index (χ2n) is 3.87. The predicted molar refractivity (Wildman–Crippen MR) is 56.7 cm³/mol. The fraction of sp³-hybridized carbons (Fsp3) is 0.417. The zero-order valence-corrected chi connectivity index (χ0v) is 8.62. The molecule has 0 fully saturated rings. The van der Waals surface area contributed by atoms with Gasteiger partial charge in [0.25, 0.3) is 0 Å². The molecule has 0 saturated carbocycles. The van der Waals surface area contributed by atoms with Crippen molar-refractivity contribution in [2.75, 3.05) is 0 Å². The summed E-state index contributed by atoms with van der Waals surface area (Å²) in [6, 6.07) is 6.08. The Morgan fingerprint density at radius 3 is 2.69 bits per heavy atom. The Morgan fingerprint density at radius 2 is 2.15 bits per heavy atom. The van der Waals surface area contributed by atoms with E-state index in [1.54, 1.807) is 0 Å². The number of nitrogens with zero attached hydrogens (tertiary/aromatic N) is 1. The normalized spacial score (nSPS) is 12.2. The van der Waals surface area contributed by atoms with Crippen LogP contribution in [0.1, 0.15) is 32.9 Å². The van der Waals surface area contributed by atoms with Gasteiger partial charge in [-0.3, -0.25) is 4.98 Å². The molecule has 1 nitrogen and oxygen atoms in total. The fourth-order valence-electron chi connectivity index (χ4n) is 1.28. The van der Waals surface area contributed by atoms with E-state index in [9.17, 15) is 0 Å². The minimum atomic E-state index is 0.147. The van der Waals surface area contributed by atoms with Gasteiger partial charge in [-0.15, -0.1) is 0 Å². The lowest BCUT2D eigenvalue weighted by Crippen LogP contribution is -2.17. The Kier molecular flexibility index (Phi) is 3.24. The molecule has 0 saturated heterocycles. The van der Waals surface area contributed by atoms with Gasteiger partial charge in [0.2, 0.25) is 0 Å². The molecule has 0 unspecified atom stereocenters. The summed E-state index contributed by atoms with van der Waals surface area (Å²) in [6.45, 7) is 6.49. The molecule has 0 amide bonds. The zero-order valence-electron chi connectivity index (χ0n) is 8.62. The summed E-state index contributed by atoms with van der Waals surface area (Å²) in [5.41, 5.74) is 1.31. The molecule has 1 rings (SSSR count). The maximum absolute atomic E-state index is 4.37. The second-order valence-corrected chi connectivity index (χ2v) is 3.87. The maximum atomic E-state index is 4.37. The van der Waals surface area contributed by atoms with Crippen LogP contribution in [0.3, 0.4) is 0 Å². The molecule has 13 heavy (non-hydrogen) atoms. The summed E-state index contributed by atoms with van der Waals surface area (Å²) in [6.07, 6.45) is 7.17. The largest absolute Gasteiger partial charge is 0.261 e. The molecule has 0 aliphatic heterocycles. The van der Waals surface area contributed by atoms with Crippen molar-refractivity contribution < 1.29 is 0 Å². The van der Waals surface area contributed by atoms with E-state index in [-0.39, 0.29) is 5.41 Å². The first-order chi connectivity index (χ1) is 6.17. The molecule has 0 bridgehead atoms. The molecule has 0 aromatic carbocycles. The third-order valence-electron chi connectivity index (χ3n) is 2.22. The Hall–Kier alpha value is -1.11. The third-order valence-corrected chi connectivity index (χ3v) is 2.22. The first kappa shape index (κ1) is 9.97. The molecular formula is C12H17N. The Balaban J connectivity index is 2.81. The maximum Gasteiger partial charge on any atom is 0.0462 e. The van der Waals surface area contributed by atoms with Crippen LogP contribution in [0, 0.1) is 0 Å². The van der Waals surface area contributed by atoms with Gasteiger partial charge < -0.3 is 0 Å². The van der Waals surface area contributed by atoms with E-state index < -0.39 is 0 Å². The highest BCUT2D eigenvalue weighted by Crippen LogP contribution is 2.24. The van der Waals surface area contributed by atoms with Crippen LogP contribution in [0.25, 0.3) is 0 Å². The number of hydrogen-bond acceptors (Lipinski definition) is 1. The summed E-state index contributed by atoms with van der Waals surface area (Å²) < 4.78 is 0. The van der Waals surface area contributed by atoms with Crippen LogP contribution in [0.5, 0.6) is 0 Å². The molecule has 0 aliphatic rings. The number of hydrogen-bond donors (Lipinski definition) is 0. The topological polar surface area (TPSA) is 12.9 Å². The monoisotopic (exact) mass is 175 g/mol. The first-order valence-corrected chi connectivity index (χ1v) is 4.69. The van der Waals surface area contributed by atoms with Crippen LogP contribution in [-0.4, -0.2) is 4.98 Å². The van der Waals surface area contributed by atoms with Gasteiger partial charge in [-0.05, 0) is 25.5 Å². The van der Waals surface area contributed by atoms with Crippen molar-refractivity contribution in [1.29, 1.82) is 0 Å². The number of allylic oxidation sites excluding steroid dienone is 2. The molecule has 0 atom stereocenters. The minimum Gasteiger partial charge on any atom is -0.261 e. The standard InChI is InChI=1S/C12H17N/c1-4-5-9-12(2,3)11-8-6-7-10-13-11/h4-8,10H,9H2,1-3H3/b5-4+. The van der Waals surface area contributed by atoms with Gasteiger partial charge in [0.1, 0.15) is 0 Å². The van der Waals surface area contributed by atoms with Gasteiger partial charge in [0.15, 0.2) is 0 Å².